The van der Waals surface area contributed by atoms with Crippen molar-refractivity contribution in [2.24, 2.45) is 0 Å². The topological polar surface area (TPSA) is 29.9 Å². The molecule has 1 atom stereocenters. The van der Waals surface area contributed by atoms with Gasteiger partial charge in [-0.25, -0.2) is 0 Å². The summed E-state index contributed by atoms with van der Waals surface area (Å²) in [7, 11) is 0. The zero-order chi connectivity index (χ0) is 15.4. The largest absolute Gasteiger partial charge is 0.310 e. The fourth-order valence-electron chi connectivity index (χ4n) is 2.87. The Morgan fingerprint density at radius 1 is 1.14 bits per heavy atom. The van der Waals surface area contributed by atoms with Gasteiger partial charge in [0.15, 0.2) is 0 Å². The van der Waals surface area contributed by atoms with Gasteiger partial charge in [-0.15, -0.1) is 0 Å². The first kappa shape index (κ1) is 15.8. The number of benzene rings is 1. The summed E-state index contributed by atoms with van der Waals surface area (Å²) in [4.78, 5) is 0. The van der Waals surface area contributed by atoms with Gasteiger partial charge in [0.05, 0.1) is 5.69 Å². The van der Waals surface area contributed by atoms with E-state index < -0.39 is 0 Å². The van der Waals surface area contributed by atoms with Crippen LogP contribution in [0, 0.1) is 27.7 Å². The molecule has 1 unspecified atom stereocenters. The molecule has 0 aliphatic rings. The number of hydrogen-bond acceptors (Lipinski definition) is 2. The van der Waals surface area contributed by atoms with Crippen molar-refractivity contribution in [3.8, 4) is 0 Å². The highest BCUT2D eigenvalue weighted by molar-refractivity contribution is 5.32. The lowest BCUT2D eigenvalue weighted by Crippen LogP contribution is -2.22. The van der Waals surface area contributed by atoms with Gasteiger partial charge in [0, 0.05) is 18.3 Å². The molecule has 0 saturated heterocycles. The first-order valence-corrected chi connectivity index (χ1v) is 7.79. The Labute approximate surface area is 128 Å². The van der Waals surface area contributed by atoms with Gasteiger partial charge in [0.25, 0.3) is 0 Å². The summed E-state index contributed by atoms with van der Waals surface area (Å²) >= 11 is 0. The minimum absolute atomic E-state index is 0.394. The lowest BCUT2D eigenvalue weighted by atomic mass is 10.0. The van der Waals surface area contributed by atoms with E-state index >= 15 is 0 Å². The SMILES string of the molecule is Cc1ccc(C(C)NCCCn2nc(C)cc2C)c(C)c1. The average Bonchev–Trinajstić information content (AvgIpc) is 2.73. The quantitative estimate of drug-likeness (QED) is 0.817. The molecule has 0 aliphatic carbocycles. The zero-order valence-corrected chi connectivity index (χ0v) is 13.9. The molecule has 2 aromatic rings. The number of nitrogens with one attached hydrogen (secondary N) is 1. The molecular formula is C18H27N3. The molecule has 0 radical (unpaired) electrons. The Kier molecular flexibility index (Phi) is 5.18. The van der Waals surface area contributed by atoms with Gasteiger partial charge in [0.1, 0.15) is 0 Å². The molecule has 21 heavy (non-hydrogen) atoms. The molecule has 2 rings (SSSR count). The Bertz CT molecular complexity index is 599. The Morgan fingerprint density at radius 3 is 2.52 bits per heavy atom. The monoisotopic (exact) mass is 285 g/mol. The molecule has 0 aliphatic heterocycles. The summed E-state index contributed by atoms with van der Waals surface area (Å²) in [5, 5.41) is 8.11. The third kappa shape index (κ3) is 4.18. The zero-order valence-electron chi connectivity index (χ0n) is 13.9. The van der Waals surface area contributed by atoms with Gasteiger partial charge in [-0.1, -0.05) is 23.8 Å². The van der Waals surface area contributed by atoms with Gasteiger partial charge in [0.2, 0.25) is 0 Å². The van der Waals surface area contributed by atoms with Crippen molar-refractivity contribution in [3.63, 3.8) is 0 Å². The standard InChI is InChI=1S/C18H27N3/c1-13-7-8-18(14(2)11-13)17(5)19-9-6-10-21-16(4)12-15(3)20-21/h7-8,11-12,17,19H,6,9-10H2,1-5H3. The van der Waals surface area contributed by atoms with E-state index in [1.165, 1.54) is 22.4 Å². The van der Waals surface area contributed by atoms with Gasteiger partial charge in [-0.3, -0.25) is 4.68 Å². The van der Waals surface area contributed by atoms with Crippen molar-refractivity contribution in [1.82, 2.24) is 15.1 Å². The average molecular weight is 285 g/mol. The highest BCUT2D eigenvalue weighted by Gasteiger charge is 2.07. The van der Waals surface area contributed by atoms with Crippen LogP contribution in [0.5, 0.6) is 0 Å². The molecule has 3 heteroatoms. The Balaban J connectivity index is 1.81. The maximum absolute atomic E-state index is 4.50. The van der Waals surface area contributed by atoms with Crippen molar-refractivity contribution < 1.29 is 0 Å². The van der Waals surface area contributed by atoms with Crippen LogP contribution in [0.3, 0.4) is 0 Å². The van der Waals surface area contributed by atoms with Crippen molar-refractivity contribution in [1.29, 1.82) is 0 Å². The van der Waals surface area contributed by atoms with Gasteiger partial charge < -0.3 is 5.32 Å². The second-order valence-electron chi connectivity index (χ2n) is 6.04. The first-order chi connectivity index (χ1) is 9.97. The van der Waals surface area contributed by atoms with E-state index in [4.69, 9.17) is 0 Å². The third-order valence-electron chi connectivity index (χ3n) is 3.99. The number of aryl methyl sites for hydroxylation is 5. The summed E-state index contributed by atoms with van der Waals surface area (Å²) in [6.07, 6.45) is 1.09. The lowest BCUT2D eigenvalue weighted by Gasteiger charge is -2.17. The highest BCUT2D eigenvalue weighted by atomic mass is 15.3. The van der Waals surface area contributed by atoms with Crippen molar-refractivity contribution in [2.45, 2.75) is 53.6 Å². The summed E-state index contributed by atoms with van der Waals surface area (Å²) in [5.74, 6) is 0. The predicted molar refractivity (Wildman–Crippen MR) is 88.7 cm³/mol. The molecule has 1 heterocycles. The van der Waals surface area contributed by atoms with Gasteiger partial charge in [-0.2, -0.15) is 5.10 Å². The maximum atomic E-state index is 4.50. The second-order valence-corrected chi connectivity index (χ2v) is 6.04. The number of aromatic nitrogens is 2. The van der Waals surface area contributed by atoms with Crippen LogP contribution < -0.4 is 5.32 Å². The smallest absolute Gasteiger partial charge is 0.0596 e. The molecule has 1 aromatic heterocycles. The third-order valence-corrected chi connectivity index (χ3v) is 3.99. The minimum Gasteiger partial charge on any atom is -0.310 e. The number of rotatable bonds is 6. The van der Waals surface area contributed by atoms with Crippen molar-refractivity contribution in [2.75, 3.05) is 6.54 Å². The number of hydrogen-bond donors (Lipinski definition) is 1. The fourth-order valence-corrected chi connectivity index (χ4v) is 2.87. The molecule has 3 nitrogen and oxygen atoms in total. The minimum atomic E-state index is 0.394. The van der Waals surface area contributed by atoms with Crippen LogP contribution in [-0.4, -0.2) is 16.3 Å². The van der Waals surface area contributed by atoms with E-state index in [0.717, 1.165) is 25.2 Å². The molecule has 1 N–H and O–H groups in total. The van der Waals surface area contributed by atoms with E-state index in [0.29, 0.717) is 6.04 Å². The molecule has 0 fully saturated rings. The lowest BCUT2D eigenvalue weighted by molar-refractivity contribution is 0.499. The van der Waals surface area contributed by atoms with E-state index in [-0.39, 0.29) is 0 Å². The molecular weight excluding hydrogens is 258 g/mol. The van der Waals surface area contributed by atoms with Crippen LogP contribution in [0.25, 0.3) is 0 Å². The molecule has 0 amide bonds. The van der Waals surface area contributed by atoms with Crippen LogP contribution in [0.4, 0.5) is 0 Å². The second kappa shape index (κ2) is 6.90. The summed E-state index contributed by atoms with van der Waals surface area (Å²) in [6, 6.07) is 9.21. The van der Waals surface area contributed by atoms with Crippen LogP contribution in [0.15, 0.2) is 24.3 Å². The van der Waals surface area contributed by atoms with Gasteiger partial charge >= 0.3 is 0 Å². The summed E-state index contributed by atoms with van der Waals surface area (Å²) in [6.45, 7) is 12.7. The number of nitrogens with zero attached hydrogens (tertiary/aromatic N) is 2. The summed E-state index contributed by atoms with van der Waals surface area (Å²) in [5.41, 5.74) is 6.44. The van der Waals surface area contributed by atoms with E-state index in [1.807, 2.05) is 6.92 Å². The van der Waals surface area contributed by atoms with Crippen LogP contribution in [0.1, 0.15) is 47.5 Å². The molecule has 114 valence electrons. The van der Waals surface area contributed by atoms with E-state index in [9.17, 15) is 0 Å². The Morgan fingerprint density at radius 2 is 1.90 bits per heavy atom. The molecule has 1 aromatic carbocycles. The molecule has 0 bridgehead atoms. The highest BCUT2D eigenvalue weighted by Crippen LogP contribution is 2.18. The van der Waals surface area contributed by atoms with Crippen LogP contribution >= 0.6 is 0 Å². The molecule has 0 spiro atoms. The first-order valence-electron chi connectivity index (χ1n) is 7.79. The molecule has 0 saturated carbocycles. The van der Waals surface area contributed by atoms with E-state index in [2.05, 4.69) is 67.1 Å². The maximum Gasteiger partial charge on any atom is 0.0596 e. The normalized spacial score (nSPS) is 12.6. The van der Waals surface area contributed by atoms with Crippen LogP contribution in [0.2, 0.25) is 0 Å². The predicted octanol–water partition coefficient (Wildman–Crippen LogP) is 3.86. The summed E-state index contributed by atoms with van der Waals surface area (Å²) < 4.78 is 2.10. The van der Waals surface area contributed by atoms with E-state index in [1.54, 1.807) is 0 Å². The van der Waals surface area contributed by atoms with Crippen molar-refractivity contribution in [3.05, 3.63) is 52.3 Å². The van der Waals surface area contributed by atoms with Crippen LogP contribution in [-0.2, 0) is 6.54 Å². The fraction of sp³-hybridized carbons (Fsp3) is 0.500. The van der Waals surface area contributed by atoms with Gasteiger partial charge in [-0.05, 0) is 64.8 Å². The van der Waals surface area contributed by atoms with Crippen molar-refractivity contribution >= 4 is 0 Å². The Hall–Kier alpha value is -1.61.